The van der Waals surface area contributed by atoms with E-state index >= 15 is 0 Å². The van der Waals surface area contributed by atoms with Crippen molar-refractivity contribution in [2.75, 3.05) is 24.4 Å². The van der Waals surface area contributed by atoms with Crippen molar-refractivity contribution in [2.45, 2.75) is 30.2 Å². The largest absolute Gasteiger partial charge is 0.497 e. The molecule has 7 nitrogen and oxygen atoms in total. The van der Waals surface area contributed by atoms with Crippen LogP contribution in [0.25, 0.3) is 0 Å². The third-order valence-electron chi connectivity index (χ3n) is 5.04. The Morgan fingerprint density at radius 1 is 1.21 bits per heavy atom. The lowest BCUT2D eigenvalue weighted by atomic mass is 10.1. The molecule has 1 unspecified atom stereocenters. The molecule has 2 N–H and O–H groups in total. The van der Waals surface area contributed by atoms with E-state index in [2.05, 4.69) is 16.3 Å². The summed E-state index contributed by atoms with van der Waals surface area (Å²) < 4.78 is 6.65. The highest BCUT2D eigenvalue weighted by Gasteiger charge is 2.29. The van der Waals surface area contributed by atoms with Crippen molar-refractivity contribution in [2.24, 2.45) is 0 Å². The number of ether oxygens (including phenoxy) is 1. The average molecular weight is 410 g/mol. The van der Waals surface area contributed by atoms with E-state index in [1.165, 1.54) is 22.0 Å². The maximum atomic E-state index is 13.0. The smallest absolute Gasteiger partial charge is 0.240 e. The molecule has 1 atom stereocenters. The number of nitrogen functional groups attached to an aromatic ring is 1. The number of hydrogen-bond donors (Lipinski definition) is 1. The van der Waals surface area contributed by atoms with E-state index in [0.29, 0.717) is 23.9 Å². The van der Waals surface area contributed by atoms with Gasteiger partial charge in [-0.1, -0.05) is 42.1 Å². The van der Waals surface area contributed by atoms with Gasteiger partial charge in [-0.3, -0.25) is 4.79 Å². The van der Waals surface area contributed by atoms with Gasteiger partial charge in [0.05, 0.1) is 12.4 Å². The molecule has 0 saturated heterocycles. The molecule has 1 amide bonds. The Morgan fingerprint density at radius 3 is 2.72 bits per heavy atom. The molecule has 0 bridgehead atoms. The molecule has 0 aliphatic carbocycles. The first-order chi connectivity index (χ1) is 14.1. The maximum Gasteiger partial charge on any atom is 0.240 e. The van der Waals surface area contributed by atoms with Gasteiger partial charge in [-0.05, 0) is 42.7 Å². The standard InChI is InChI=1S/C21H23N5O2S/c1-14(20(27)25-12-11-16-5-3-4-6-18(16)25)29-21-24-23-19(26(21)22)13-15-7-9-17(28-2)10-8-15/h3-10,14H,11-13,22H2,1-2H3. The molecule has 1 aliphatic heterocycles. The molecule has 0 saturated carbocycles. The Labute approximate surface area is 173 Å². The third-order valence-corrected chi connectivity index (χ3v) is 6.08. The van der Waals surface area contributed by atoms with Gasteiger partial charge in [0.2, 0.25) is 11.1 Å². The number of aromatic nitrogens is 3. The number of hydrogen-bond acceptors (Lipinski definition) is 6. The Hall–Kier alpha value is -3.00. The number of methoxy groups -OCH3 is 1. The van der Waals surface area contributed by atoms with Crippen molar-refractivity contribution >= 4 is 23.4 Å². The summed E-state index contributed by atoms with van der Waals surface area (Å²) in [6, 6.07) is 15.8. The second-order valence-corrected chi connectivity index (χ2v) is 8.23. The predicted molar refractivity (Wildman–Crippen MR) is 114 cm³/mol. The van der Waals surface area contributed by atoms with Gasteiger partial charge >= 0.3 is 0 Å². The maximum absolute atomic E-state index is 13.0. The predicted octanol–water partition coefficient (Wildman–Crippen LogP) is 2.66. The SMILES string of the molecule is COc1ccc(Cc2nnc(SC(C)C(=O)N3CCc4ccccc43)n2N)cc1. The van der Waals surface area contributed by atoms with E-state index in [1.54, 1.807) is 7.11 Å². The monoisotopic (exact) mass is 409 g/mol. The molecule has 1 aliphatic rings. The van der Waals surface area contributed by atoms with Gasteiger partial charge in [-0.2, -0.15) is 0 Å². The lowest BCUT2D eigenvalue weighted by Crippen LogP contribution is -2.35. The molecule has 1 aromatic heterocycles. The number of nitrogens with zero attached hydrogens (tertiary/aromatic N) is 4. The lowest BCUT2D eigenvalue weighted by molar-refractivity contribution is -0.117. The molecule has 0 radical (unpaired) electrons. The summed E-state index contributed by atoms with van der Waals surface area (Å²) >= 11 is 1.33. The summed E-state index contributed by atoms with van der Waals surface area (Å²) in [6.07, 6.45) is 1.44. The second-order valence-electron chi connectivity index (χ2n) is 6.92. The van der Waals surface area contributed by atoms with Crippen molar-refractivity contribution in [1.29, 1.82) is 0 Å². The fourth-order valence-electron chi connectivity index (χ4n) is 3.43. The topological polar surface area (TPSA) is 86.3 Å². The van der Waals surface area contributed by atoms with E-state index in [9.17, 15) is 4.79 Å². The van der Waals surface area contributed by atoms with E-state index in [0.717, 1.165) is 23.4 Å². The molecule has 2 aromatic carbocycles. The number of anilines is 1. The van der Waals surface area contributed by atoms with Gasteiger partial charge in [0.15, 0.2) is 5.82 Å². The van der Waals surface area contributed by atoms with Crippen LogP contribution in [-0.2, 0) is 17.6 Å². The number of carbonyl (C=O) groups is 1. The van der Waals surface area contributed by atoms with E-state index < -0.39 is 0 Å². The second kappa shape index (κ2) is 8.16. The van der Waals surface area contributed by atoms with Gasteiger partial charge in [0, 0.05) is 18.7 Å². The molecule has 8 heteroatoms. The molecule has 0 fully saturated rings. The Bertz CT molecular complexity index is 1020. The summed E-state index contributed by atoms with van der Waals surface area (Å²) in [7, 11) is 1.64. The van der Waals surface area contributed by atoms with Crippen LogP contribution in [-0.4, -0.2) is 39.7 Å². The molecular weight excluding hydrogens is 386 g/mol. The molecule has 0 spiro atoms. The number of carbonyl (C=O) groups excluding carboxylic acids is 1. The molecule has 29 heavy (non-hydrogen) atoms. The van der Waals surface area contributed by atoms with Crippen molar-refractivity contribution in [3.05, 3.63) is 65.5 Å². The highest BCUT2D eigenvalue weighted by atomic mass is 32.2. The van der Waals surface area contributed by atoms with Crippen LogP contribution < -0.4 is 15.5 Å². The normalized spacial score (nSPS) is 13.9. The molecule has 3 aromatic rings. The van der Waals surface area contributed by atoms with Gasteiger partial charge in [0.1, 0.15) is 5.75 Å². The summed E-state index contributed by atoms with van der Waals surface area (Å²) in [5, 5.41) is 8.62. The summed E-state index contributed by atoms with van der Waals surface area (Å²) in [5.41, 5.74) is 3.26. The zero-order valence-electron chi connectivity index (χ0n) is 16.4. The first-order valence-corrected chi connectivity index (χ1v) is 10.3. The summed E-state index contributed by atoms with van der Waals surface area (Å²) in [6.45, 7) is 2.59. The number of rotatable bonds is 6. The van der Waals surface area contributed by atoms with Gasteiger partial charge in [0.25, 0.3) is 0 Å². The van der Waals surface area contributed by atoms with E-state index in [4.69, 9.17) is 10.6 Å². The van der Waals surface area contributed by atoms with Crippen molar-refractivity contribution in [3.8, 4) is 5.75 Å². The number of nitrogens with two attached hydrogens (primary N) is 1. The van der Waals surface area contributed by atoms with Crippen LogP contribution in [0.3, 0.4) is 0 Å². The van der Waals surface area contributed by atoms with E-state index in [-0.39, 0.29) is 11.2 Å². The van der Waals surface area contributed by atoms with Crippen LogP contribution in [0.2, 0.25) is 0 Å². The van der Waals surface area contributed by atoms with Crippen LogP contribution in [0.4, 0.5) is 5.69 Å². The number of para-hydroxylation sites is 1. The zero-order chi connectivity index (χ0) is 20.4. The van der Waals surface area contributed by atoms with E-state index in [1.807, 2.05) is 54.3 Å². The Balaban J connectivity index is 1.44. The first-order valence-electron chi connectivity index (χ1n) is 9.45. The van der Waals surface area contributed by atoms with Gasteiger partial charge in [-0.25, -0.2) is 4.68 Å². The number of amides is 1. The van der Waals surface area contributed by atoms with Gasteiger partial charge < -0.3 is 15.5 Å². The zero-order valence-corrected chi connectivity index (χ0v) is 17.2. The number of fused-ring (bicyclic) bond motifs is 1. The molecule has 150 valence electrons. The highest BCUT2D eigenvalue weighted by Crippen LogP contribution is 2.31. The number of benzene rings is 2. The molecule has 2 heterocycles. The van der Waals surface area contributed by atoms with Crippen LogP contribution >= 0.6 is 11.8 Å². The third kappa shape index (κ3) is 3.93. The fourth-order valence-corrected chi connectivity index (χ4v) is 4.28. The first kappa shape index (κ1) is 19.3. The molecule has 4 rings (SSSR count). The van der Waals surface area contributed by atoms with Gasteiger partial charge in [-0.15, -0.1) is 10.2 Å². The lowest BCUT2D eigenvalue weighted by Gasteiger charge is -2.21. The summed E-state index contributed by atoms with van der Waals surface area (Å²) in [4.78, 5) is 14.8. The minimum Gasteiger partial charge on any atom is -0.497 e. The van der Waals surface area contributed by atoms with Crippen molar-refractivity contribution in [1.82, 2.24) is 14.9 Å². The summed E-state index contributed by atoms with van der Waals surface area (Å²) in [5.74, 6) is 7.71. The highest BCUT2D eigenvalue weighted by molar-refractivity contribution is 8.00. The van der Waals surface area contributed by atoms with Crippen LogP contribution in [0, 0.1) is 0 Å². The van der Waals surface area contributed by atoms with Crippen molar-refractivity contribution < 1.29 is 9.53 Å². The molecular formula is C21H23N5O2S. The fraction of sp³-hybridized carbons (Fsp3) is 0.286. The van der Waals surface area contributed by atoms with Crippen LogP contribution in [0.5, 0.6) is 5.75 Å². The van der Waals surface area contributed by atoms with Crippen molar-refractivity contribution in [3.63, 3.8) is 0 Å². The Morgan fingerprint density at radius 2 is 1.97 bits per heavy atom. The number of thioether (sulfide) groups is 1. The quantitative estimate of drug-likeness (QED) is 0.498. The minimum absolute atomic E-state index is 0.0552. The average Bonchev–Trinajstić information content (AvgIpc) is 3.32. The van der Waals surface area contributed by atoms with Crippen LogP contribution in [0.15, 0.2) is 53.7 Å². The minimum atomic E-state index is -0.318. The Kier molecular flexibility index (Phi) is 5.44. The van der Waals surface area contributed by atoms with Crippen LogP contribution in [0.1, 0.15) is 23.9 Å².